The summed E-state index contributed by atoms with van der Waals surface area (Å²) in [7, 11) is 0. The van der Waals surface area contributed by atoms with E-state index in [1.54, 1.807) is 0 Å². The van der Waals surface area contributed by atoms with Gasteiger partial charge in [-0.3, -0.25) is 4.79 Å². The Labute approximate surface area is 127 Å². The molecule has 0 saturated carbocycles. The number of hydrogen-bond donors (Lipinski definition) is 0. The third-order valence-corrected chi connectivity index (χ3v) is 3.55. The first-order valence-electron chi connectivity index (χ1n) is 7.49. The van der Waals surface area contributed by atoms with Crippen LogP contribution in [0.4, 0.5) is 0 Å². The molecule has 0 aromatic heterocycles. The zero-order chi connectivity index (χ0) is 15.4. The van der Waals surface area contributed by atoms with Crippen molar-refractivity contribution in [2.24, 2.45) is 0 Å². The Kier molecular flexibility index (Phi) is 4.79. The third-order valence-electron chi connectivity index (χ3n) is 3.55. The normalized spacial score (nSPS) is 15.9. The van der Waals surface area contributed by atoms with Crippen LogP contribution >= 0.6 is 0 Å². The third kappa shape index (κ3) is 3.52. The molecule has 110 valence electrons. The van der Waals surface area contributed by atoms with Gasteiger partial charge in [0.2, 0.25) is 0 Å². The number of carbonyl (C=O) groups excluding carboxylic acids is 1. The molecular formula is C19H23NO. The lowest BCUT2D eigenvalue weighted by atomic mass is 10.0. The summed E-state index contributed by atoms with van der Waals surface area (Å²) >= 11 is 0. The van der Waals surface area contributed by atoms with Gasteiger partial charge in [0.1, 0.15) is 0 Å². The van der Waals surface area contributed by atoms with Crippen LogP contribution in [0.3, 0.4) is 0 Å². The second kappa shape index (κ2) is 6.57. The SMILES string of the molecule is CC(C)N(C(=O)C1=CC=C/C1=C\c1ccccc1)C(C)C. The van der Waals surface area contributed by atoms with Crippen molar-refractivity contribution in [2.45, 2.75) is 39.8 Å². The Morgan fingerprint density at radius 2 is 1.67 bits per heavy atom. The second-order valence-corrected chi connectivity index (χ2v) is 5.85. The number of amides is 1. The average Bonchev–Trinajstić information content (AvgIpc) is 2.87. The van der Waals surface area contributed by atoms with Crippen molar-refractivity contribution in [3.05, 3.63) is 65.3 Å². The number of allylic oxidation sites excluding steroid dienone is 3. The maximum absolute atomic E-state index is 12.8. The van der Waals surface area contributed by atoms with E-state index in [1.807, 2.05) is 53.5 Å². The molecule has 0 atom stereocenters. The van der Waals surface area contributed by atoms with Crippen LogP contribution in [-0.2, 0) is 4.79 Å². The number of carbonyl (C=O) groups is 1. The predicted octanol–water partition coefficient (Wildman–Crippen LogP) is 4.21. The predicted molar refractivity (Wildman–Crippen MR) is 88.8 cm³/mol. The lowest BCUT2D eigenvalue weighted by Gasteiger charge is -2.31. The van der Waals surface area contributed by atoms with Crippen molar-refractivity contribution >= 4 is 12.0 Å². The van der Waals surface area contributed by atoms with Gasteiger partial charge in [-0.15, -0.1) is 0 Å². The molecule has 1 aliphatic rings. The molecule has 0 spiro atoms. The molecule has 0 radical (unpaired) electrons. The molecule has 2 nitrogen and oxygen atoms in total. The monoisotopic (exact) mass is 281 g/mol. The fraction of sp³-hybridized carbons (Fsp3) is 0.316. The molecule has 1 aliphatic carbocycles. The lowest BCUT2D eigenvalue weighted by Crippen LogP contribution is -2.42. The maximum atomic E-state index is 12.8. The Balaban J connectivity index is 2.28. The summed E-state index contributed by atoms with van der Waals surface area (Å²) < 4.78 is 0. The molecule has 1 aromatic carbocycles. The van der Waals surface area contributed by atoms with Gasteiger partial charge in [0, 0.05) is 17.7 Å². The largest absolute Gasteiger partial charge is 0.334 e. The van der Waals surface area contributed by atoms with E-state index >= 15 is 0 Å². The first kappa shape index (κ1) is 15.3. The highest BCUT2D eigenvalue weighted by Gasteiger charge is 2.25. The first-order valence-corrected chi connectivity index (χ1v) is 7.49. The van der Waals surface area contributed by atoms with E-state index < -0.39 is 0 Å². The number of rotatable bonds is 4. The Morgan fingerprint density at radius 3 is 2.24 bits per heavy atom. The zero-order valence-electron chi connectivity index (χ0n) is 13.2. The van der Waals surface area contributed by atoms with Crippen LogP contribution < -0.4 is 0 Å². The number of nitrogens with zero attached hydrogens (tertiary/aromatic N) is 1. The van der Waals surface area contributed by atoms with Gasteiger partial charge in [0.25, 0.3) is 5.91 Å². The van der Waals surface area contributed by atoms with Crippen LogP contribution in [0.1, 0.15) is 33.3 Å². The molecular weight excluding hydrogens is 258 g/mol. The average molecular weight is 281 g/mol. The minimum absolute atomic E-state index is 0.104. The first-order chi connectivity index (χ1) is 10.0. The van der Waals surface area contributed by atoms with Gasteiger partial charge in [0.05, 0.1) is 0 Å². The highest BCUT2D eigenvalue weighted by molar-refractivity contribution is 6.02. The lowest BCUT2D eigenvalue weighted by molar-refractivity contribution is -0.130. The summed E-state index contributed by atoms with van der Waals surface area (Å²) in [5.41, 5.74) is 2.87. The van der Waals surface area contributed by atoms with Crippen LogP contribution in [0, 0.1) is 0 Å². The molecule has 2 rings (SSSR count). The van der Waals surface area contributed by atoms with E-state index in [-0.39, 0.29) is 18.0 Å². The van der Waals surface area contributed by atoms with E-state index in [0.29, 0.717) is 0 Å². The fourth-order valence-corrected chi connectivity index (χ4v) is 2.69. The highest BCUT2D eigenvalue weighted by atomic mass is 16.2. The van der Waals surface area contributed by atoms with Crippen molar-refractivity contribution in [2.75, 3.05) is 0 Å². The molecule has 1 aromatic rings. The molecule has 21 heavy (non-hydrogen) atoms. The summed E-state index contributed by atoms with van der Waals surface area (Å²) in [5.74, 6) is 0.104. The van der Waals surface area contributed by atoms with Gasteiger partial charge in [-0.05, 0) is 51.0 Å². The Bertz CT molecular complexity index is 583. The topological polar surface area (TPSA) is 20.3 Å². The number of hydrogen-bond acceptors (Lipinski definition) is 1. The van der Waals surface area contributed by atoms with Gasteiger partial charge >= 0.3 is 0 Å². The minimum Gasteiger partial charge on any atom is -0.334 e. The van der Waals surface area contributed by atoms with Crippen molar-refractivity contribution in [1.29, 1.82) is 0 Å². The van der Waals surface area contributed by atoms with E-state index in [1.165, 1.54) is 0 Å². The van der Waals surface area contributed by atoms with Gasteiger partial charge in [-0.25, -0.2) is 0 Å². The summed E-state index contributed by atoms with van der Waals surface area (Å²) in [4.78, 5) is 14.7. The highest BCUT2D eigenvalue weighted by Crippen LogP contribution is 2.25. The van der Waals surface area contributed by atoms with Crippen LogP contribution in [0.5, 0.6) is 0 Å². The van der Waals surface area contributed by atoms with Gasteiger partial charge < -0.3 is 4.90 Å². The standard InChI is InChI=1S/C19H23NO/c1-14(2)20(15(3)4)19(21)18-12-8-11-17(18)13-16-9-6-5-7-10-16/h5-15H,1-4H3/b17-13+. The van der Waals surface area contributed by atoms with Crippen molar-refractivity contribution in [3.63, 3.8) is 0 Å². The Hall–Kier alpha value is -2.09. The van der Waals surface area contributed by atoms with Crippen LogP contribution in [0.25, 0.3) is 6.08 Å². The molecule has 0 aliphatic heterocycles. The van der Waals surface area contributed by atoms with Crippen molar-refractivity contribution in [3.8, 4) is 0 Å². The maximum Gasteiger partial charge on any atom is 0.254 e. The molecule has 0 fully saturated rings. The molecule has 2 heteroatoms. The zero-order valence-corrected chi connectivity index (χ0v) is 13.2. The van der Waals surface area contributed by atoms with Gasteiger partial charge in [-0.1, -0.05) is 42.5 Å². The van der Waals surface area contributed by atoms with E-state index in [4.69, 9.17) is 0 Å². The summed E-state index contributed by atoms with van der Waals surface area (Å²) in [6, 6.07) is 10.5. The summed E-state index contributed by atoms with van der Waals surface area (Å²) in [6.07, 6.45) is 7.92. The number of benzene rings is 1. The minimum atomic E-state index is 0.104. The van der Waals surface area contributed by atoms with E-state index in [9.17, 15) is 4.79 Å². The molecule has 1 amide bonds. The van der Waals surface area contributed by atoms with Gasteiger partial charge in [0.15, 0.2) is 0 Å². The summed E-state index contributed by atoms with van der Waals surface area (Å²) in [6.45, 7) is 8.23. The van der Waals surface area contributed by atoms with Crippen LogP contribution in [0.2, 0.25) is 0 Å². The smallest absolute Gasteiger partial charge is 0.254 e. The van der Waals surface area contributed by atoms with E-state index in [0.717, 1.165) is 16.7 Å². The molecule has 0 N–H and O–H groups in total. The molecule has 0 bridgehead atoms. The van der Waals surface area contributed by atoms with Gasteiger partial charge in [-0.2, -0.15) is 0 Å². The summed E-state index contributed by atoms with van der Waals surface area (Å²) in [5, 5.41) is 0. The van der Waals surface area contributed by atoms with Crippen molar-refractivity contribution < 1.29 is 4.79 Å². The second-order valence-electron chi connectivity index (χ2n) is 5.85. The van der Waals surface area contributed by atoms with E-state index in [2.05, 4.69) is 33.8 Å². The van der Waals surface area contributed by atoms with Crippen LogP contribution in [-0.4, -0.2) is 22.9 Å². The quantitative estimate of drug-likeness (QED) is 0.809. The Morgan fingerprint density at radius 1 is 1.05 bits per heavy atom. The van der Waals surface area contributed by atoms with Crippen LogP contribution in [0.15, 0.2) is 59.7 Å². The molecule has 0 heterocycles. The van der Waals surface area contributed by atoms with Crippen molar-refractivity contribution in [1.82, 2.24) is 4.90 Å². The fourth-order valence-electron chi connectivity index (χ4n) is 2.69. The molecule has 0 unspecified atom stereocenters. The molecule has 0 saturated heterocycles.